The number of anilines is 1. The number of carbonyl (C=O) groups is 3. The van der Waals surface area contributed by atoms with Gasteiger partial charge in [0.25, 0.3) is 5.91 Å². The monoisotopic (exact) mass is 432 g/mol. The van der Waals surface area contributed by atoms with Crippen molar-refractivity contribution in [2.45, 2.75) is 45.7 Å². The van der Waals surface area contributed by atoms with Gasteiger partial charge in [0.15, 0.2) is 0 Å². The van der Waals surface area contributed by atoms with E-state index in [0.717, 1.165) is 16.0 Å². The molecule has 0 radical (unpaired) electrons. The number of thiophene rings is 1. The van der Waals surface area contributed by atoms with Gasteiger partial charge in [0.1, 0.15) is 11.0 Å². The molecule has 7 N–H and O–H groups in total. The molecule has 0 bridgehead atoms. The highest BCUT2D eigenvalue weighted by atomic mass is 32.1. The number of hydrogen-bond acceptors (Lipinski definition) is 5. The van der Waals surface area contributed by atoms with Crippen LogP contribution in [0.4, 0.5) is 9.80 Å². The Morgan fingerprint density at radius 2 is 1.73 bits per heavy atom. The van der Waals surface area contributed by atoms with Gasteiger partial charge >= 0.3 is 12.0 Å². The predicted octanol–water partition coefficient (Wildman–Crippen LogP) is 3.08. The van der Waals surface area contributed by atoms with Gasteiger partial charge in [-0.05, 0) is 29.5 Å². The van der Waals surface area contributed by atoms with Crippen LogP contribution in [0.5, 0.6) is 0 Å². The lowest BCUT2D eigenvalue weighted by molar-refractivity contribution is -0.140. The maximum absolute atomic E-state index is 11.6. The summed E-state index contributed by atoms with van der Waals surface area (Å²) in [5.41, 5.74) is 12.8. The summed E-state index contributed by atoms with van der Waals surface area (Å²) in [6.45, 7) is 6.43. The number of aliphatic carboxylic acids is 1. The van der Waals surface area contributed by atoms with Gasteiger partial charge in [-0.15, -0.1) is 11.3 Å². The summed E-state index contributed by atoms with van der Waals surface area (Å²) < 4.78 is 0. The Labute approximate surface area is 179 Å². The molecule has 0 aliphatic heterocycles. The molecule has 30 heavy (non-hydrogen) atoms. The van der Waals surface area contributed by atoms with Crippen LogP contribution in [-0.4, -0.2) is 29.1 Å². The molecule has 2 atom stereocenters. The summed E-state index contributed by atoms with van der Waals surface area (Å²) in [6.07, 6.45) is 0.562. The number of carbonyl (C=O) groups excluding carboxylic acids is 2. The lowest BCUT2D eigenvalue weighted by Gasteiger charge is -2.17. The second-order valence-corrected chi connectivity index (χ2v) is 8.69. The Balaban J connectivity index is 2.11. The van der Waals surface area contributed by atoms with Crippen molar-refractivity contribution in [1.82, 2.24) is 5.32 Å². The maximum atomic E-state index is 11.6. The topological polar surface area (TPSA) is 148 Å². The van der Waals surface area contributed by atoms with Crippen LogP contribution in [0.3, 0.4) is 0 Å². The molecule has 2 aromatic rings. The predicted molar refractivity (Wildman–Crippen MR) is 118 cm³/mol. The van der Waals surface area contributed by atoms with E-state index >= 15 is 0 Å². The van der Waals surface area contributed by atoms with Crippen molar-refractivity contribution in [3.8, 4) is 0 Å². The van der Waals surface area contributed by atoms with E-state index in [9.17, 15) is 19.5 Å². The highest BCUT2D eigenvalue weighted by Crippen LogP contribution is 2.36. The Kier molecular flexibility index (Phi) is 7.96. The SMILES string of the molecule is CC(C)CC(NCc1ccc(C(C)c2cc(C(N)=O)c(NC(N)=O)s2)cc1)C(=O)O. The van der Waals surface area contributed by atoms with Crippen molar-refractivity contribution in [3.05, 3.63) is 51.9 Å². The van der Waals surface area contributed by atoms with E-state index in [0.29, 0.717) is 18.0 Å². The molecular formula is C21H28N4O4S. The van der Waals surface area contributed by atoms with Crippen molar-refractivity contribution in [3.63, 3.8) is 0 Å². The van der Waals surface area contributed by atoms with Crippen molar-refractivity contribution in [2.24, 2.45) is 17.4 Å². The van der Waals surface area contributed by atoms with E-state index in [1.165, 1.54) is 11.3 Å². The minimum Gasteiger partial charge on any atom is -0.480 e. The highest BCUT2D eigenvalue weighted by Gasteiger charge is 2.20. The van der Waals surface area contributed by atoms with Crippen molar-refractivity contribution < 1.29 is 19.5 Å². The van der Waals surface area contributed by atoms with Gasteiger partial charge in [0.05, 0.1) is 5.56 Å². The molecule has 8 nitrogen and oxygen atoms in total. The number of amides is 3. The first-order valence-electron chi connectivity index (χ1n) is 9.63. The molecule has 9 heteroatoms. The van der Waals surface area contributed by atoms with Gasteiger partial charge in [0.2, 0.25) is 0 Å². The number of carboxylic acids is 1. The molecular weight excluding hydrogens is 404 g/mol. The highest BCUT2D eigenvalue weighted by molar-refractivity contribution is 7.16. The zero-order valence-electron chi connectivity index (χ0n) is 17.3. The number of benzene rings is 1. The first-order chi connectivity index (χ1) is 14.1. The molecule has 1 heterocycles. The number of rotatable bonds is 10. The van der Waals surface area contributed by atoms with Crippen LogP contribution < -0.4 is 22.1 Å². The van der Waals surface area contributed by atoms with E-state index in [4.69, 9.17) is 11.5 Å². The van der Waals surface area contributed by atoms with Crippen LogP contribution in [0.1, 0.15) is 59.5 Å². The zero-order chi connectivity index (χ0) is 22.4. The second kappa shape index (κ2) is 10.2. The summed E-state index contributed by atoms with van der Waals surface area (Å²) in [7, 11) is 0. The van der Waals surface area contributed by atoms with Crippen LogP contribution in [0, 0.1) is 5.92 Å². The Hall–Kier alpha value is -2.91. The molecule has 0 saturated carbocycles. The fraction of sp³-hybridized carbons (Fsp3) is 0.381. The molecule has 1 aromatic carbocycles. The third kappa shape index (κ3) is 6.30. The average molecular weight is 433 g/mol. The quantitative estimate of drug-likeness (QED) is 0.391. The van der Waals surface area contributed by atoms with E-state index in [2.05, 4.69) is 10.6 Å². The average Bonchev–Trinajstić information content (AvgIpc) is 3.07. The summed E-state index contributed by atoms with van der Waals surface area (Å²) in [6, 6.07) is 8.14. The minimum absolute atomic E-state index is 0.0359. The largest absolute Gasteiger partial charge is 0.480 e. The lowest BCUT2D eigenvalue weighted by atomic mass is 9.97. The summed E-state index contributed by atoms with van der Waals surface area (Å²) in [5.74, 6) is -1.24. The molecule has 0 aliphatic carbocycles. The summed E-state index contributed by atoms with van der Waals surface area (Å²) in [5, 5.41) is 15.2. The summed E-state index contributed by atoms with van der Waals surface area (Å²) in [4.78, 5) is 35.0. The number of carboxylic acid groups (broad SMARTS) is 1. The molecule has 2 rings (SSSR count). The van der Waals surface area contributed by atoms with E-state index in [-0.39, 0.29) is 17.4 Å². The third-order valence-corrected chi connectivity index (χ3v) is 5.95. The maximum Gasteiger partial charge on any atom is 0.320 e. The fourth-order valence-electron chi connectivity index (χ4n) is 3.08. The smallest absolute Gasteiger partial charge is 0.320 e. The second-order valence-electron chi connectivity index (χ2n) is 7.61. The molecule has 2 unspecified atom stereocenters. The Morgan fingerprint density at radius 1 is 1.10 bits per heavy atom. The van der Waals surface area contributed by atoms with Gasteiger partial charge in [-0.1, -0.05) is 45.0 Å². The third-order valence-electron chi connectivity index (χ3n) is 4.72. The lowest BCUT2D eigenvalue weighted by Crippen LogP contribution is -2.37. The first-order valence-corrected chi connectivity index (χ1v) is 10.4. The van der Waals surface area contributed by atoms with Gasteiger partial charge in [-0.2, -0.15) is 0 Å². The fourth-order valence-corrected chi connectivity index (χ4v) is 4.23. The first kappa shape index (κ1) is 23.4. The zero-order valence-corrected chi connectivity index (χ0v) is 18.1. The van der Waals surface area contributed by atoms with Gasteiger partial charge in [0, 0.05) is 17.3 Å². The number of primary amides is 2. The normalized spacial score (nSPS) is 13.1. The van der Waals surface area contributed by atoms with Crippen LogP contribution in [0.25, 0.3) is 0 Å². The molecule has 1 aromatic heterocycles. The Morgan fingerprint density at radius 3 is 2.23 bits per heavy atom. The van der Waals surface area contributed by atoms with Gasteiger partial charge in [-0.25, -0.2) is 4.79 Å². The molecule has 0 spiro atoms. The standard InChI is InChI=1S/C21H28N4O4S/c1-11(2)8-16(20(27)28)24-10-13-4-6-14(7-5-13)12(3)17-9-15(18(22)26)19(30-17)25-21(23)29/h4-7,9,11-12,16,24H,8,10H2,1-3H3,(H2,22,26)(H,27,28)(H3,23,25,29). The minimum atomic E-state index is -0.850. The summed E-state index contributed by atoms with van der Waals surface area (Å²) >= 11 is 1.26. The van der Waals surface area contributed by atoms with Crippen LogP contribution in [0.2, 0.25) is 0 Å². The van der Waals surface area contributed by atoms with E-state index < -0.39 is 23.9 Å². The Bertz CT molecular complexity index is 908. The number of nitrogens with two attached hydrogens (primary N) is 2. The van der Waals surface area contributed by atoms with E-state index in [1.807, 2.05) is 45.0 Å². The van der Waals surface area contributed by atoms with Crippen LogP contribution in [0.15, 0.2) is 30.3 Å². The molecule has 0 fully saturated rings. The van der Waals surface area contributed by atoms with Crippen molar-refractivity contribution in [1.29, 1.82) is 0 Å². The molecule has 0 aliphatic rings. The van der Waals surface area contributed by atoms with Gasteiger partial charge < -0.3 is 21.9 Å². The van der Waals surface area contributed by atoms with E-state index in [1.54, 1.807) is 6.07 Å². The van der Waals surface area contributed by atoms with Crippen LogP contribution >= 0.6 is 11.3 Å². The number of hydrogen-bond donors (Lipinski definition) is 5. The molecule has 0 saturated heterocycles. The van der Waals surface area contributed by atoms with Crippen molar-refractivity contribution in [2.75, 3.05) is 5.32 Å². The van der Waals surface area contributed by atoms with Gasteiger partial charge in [-0.3, -0.25) is 14.9 Å². The number of nitrogens with one attached hydrogen (secondary N) is 2. The van der Waals surface area contributed by atoms with Crippen molar-refractivity contribution >= 4 is 34.2 Å². The molecule has 162 valence electrons. The molecule has 3 amide bonds. The number of urea groups is 1. The van der Waals surface area contributed by atoms with Crippen LogP contribution in [-0.2, 0) is 11.3 Å².